The highest BCUT2D eigenvalue weighted by Crippen LogP contribution is 2.52. The molecule has 3 nitrogen and oxygen atoms in total. The Labute approximate surface area is 387 Å². The van der Waals surface area contributed by atoms with Gasteiger partial charge >= 0.3 is 6.92 Å². The van der Waals surface area contributed by atoms with Crippen LogP contribution in [0.25, 0.3) is 82.8 Å². The number of benzene rings is 7. The predicted molar refractivity (Wildman–Crippen MR) is 280 cm³/mol. The van der Waals surface area contributed by atoms with E-state index in [9.17, 15) is 0 Å². The van der Waals surface area contributed by atoms with Gasteiger partial charge in [-0.25, -0.2) is 0 Å². The van der Waals surface area contributed by atoms with E-state index in [0.717, 1.165) is 43.3 Å². The molecule has 5 heterocycles. The van der Waals surface area contributed by atoms with Crippen molar-refractivity contribution in [1.29, 1.82) is 0 Å². The minimum Gasteiger partial charge on any atom is -0.549 e. The third-order valence-electron chi connectivity index (χ3n) is 13.3. The molecule has 30 radical (unpaired) electrons. The van der Waals surface area contributed by atoms with Gasteiger partial charge in [-0.05, 0) is 57.8 Å². The van der Waals surface area contributed by atoms with Crippen LogP contribution < -0.4 is 97.5 Å². The number of aryl methyl sites for hydroxylation is 1. The van der Waals surface area contributed by atoms with Crippen LogP contribution in [0.1, 0.15) is 5.56 Å². The van der Waals surface area contributed by atoms with Crippen LogP contribution in [0.2, 0.25) is 0 Å². The monoisotopic (exact) mass is 779 g/mol. The van der Waals surface area contributed by atoms with Crippen molar-refractivity contribution in [3.63, 3.8) is 0 Å². The largest absolute Gasteiger partial charge is 0.549 e. The Hall–Kier alpha value is -4.67. The summed E-state index contributed by atoms with van der Waals surface area (Å²) in [7, 11) is 101. The van der Waals surface area contributed by atoms with E-state index in [2.05, 4.69) is 4.57 Å². The molecule has 0 saturated carbocycles. The van der Waals surface area contributed by atoms with Gasteiger partial charge in [0.15, 0.2) is 0 Å². The summed E-state index contributed by atoms with van der Waals surface area (Å²) in [5.41, 5.74) is 11.5. The molecular weight excluding hydrogens is 768 g/mol. The molecule has 0 fully saturated rings. The number of aromatic nitrogens is 1. The normalized spacial score (nSPS) is 13.2. The van der Waals surface area contributed by atoms with Crippen LogP contribution in [0.5, 0.6) is 5.75 Å². The van der Waals surface area contributed by atoms with Gasteiger partial charge in [0.1, 0.15) is 140 Å². The Morgan fingerprint density at radius 1 is 0.508 bits per heavy atom. The fraction of sp³-hybridized carbons (Fsp3) is 0.0233. The van der Waals surface area contributed by atoms with Gasteiger partial charge in [-0.2, -0.15) is 0 Å². The van der Waals surface area contributed by atoms with Crippen LogP contribution in [0.3, 0.4) is 0 Å². The van der Waals surface area contributed by atoms with Gasteiger partial charge < -0.3 is 13.6 Å². The molecule has 0 N–H and O–H groups in total. The molecule has 0 saturated heterocycles. The van der Waals surface area contributed by atoms with E-state index in [-0.39, 0.29) is 76.7 Å². The van der Waals surface area contributed by atoms with Crippen molar-refractivity contribution in [2.24, 2.45) is 0 Å². The summed E-state index contributed by atoms with van der Waals surface area (Å²) in [6.45, 7) is 1.14. The standard InChI is InChI=1S/C43H9B16NO2S/c1-8-5-12-37-16(21(8)44)17-22(45)11(9-3-2-4-10(6-9)14-23(46)19-20-26(49)29(52)31(54)34(57)41(20)61-40(19)33(56)24(14)47)7-13-38(17)60(37)39-42-18(27(50)35(58)43(39)63-13)15-25(48)28(51)30(53)32(55)36(15)59(12)62-42/h2-7H,1H3. The van der Waals surface area contributed by atoms with Gasteiger partial charge in [0, 0.05) is 36.9 Å². The van der Waals surface area contributed by atoms with Crippen LogP contribution >= 0.6 is 11.8 Å². The van der Waals surface area contributed by atoms with Crippen LogP contribution in [-0.4, -0.2) is 129 Å². The zero-order valence-corrected chi connectivity index (χ0v) is 34.2. The van der Waals surface area contributed by atoms with E-state index in [1.807, 2.05) is 43.3 Å². The molecule has 2 aromatic heterocycles. The van der Waals surface area contributed by atoms with E-state index >= 15 is 0 Å². The van der Waals surface area contributed by atoms with Gasteiger partial charge in [-0.3, -0.25) is 0 Å². The van der Waals surface area contributed by atoms with Gasteiger partial charge in [0.05, 0.1) is 11.0 Å². The molecule has 3 aliphatic heterocycles. The zero-order chi connectivity index (χ0) is 44.3. The lowest BCUT2D eigenvalue weighted by molar-refractivity contribution is 0.588. The first-order chi connectivity index (χ1) is 30.0. The lowest BCUT2D eigenvalue weighted by Crippen LogP contribution is -2.65. The van der Waals surface area contributed by atoms with Crippen LogP contribution in [0.15, 0.2) is 50.6 Å². The summed E-state index contributed by atoms with van der Waals surface area (Å²) in [5.74, 6) is 0.469. The van der Waals surface area contributed by atoms with Gasteiger partial charge in [-0.1, -0.05) is 96.2 Å². The van der Waals surface area contributed by atoms with Crippen LogP contribution in [-0.2, 0) is 0 Å². The third-order valence-corrected chi connectivity index (χ3v) is 14.5. The number of nitrogens with zero attached hydrogens (tertiary/aromatic N) is 1. The second-order valence-electron chi connectivity index (χ2n) is 16.4. The summed E-state index contributed by atoms with van der Waals surface area (Å²) in [6, 6.07) is 11.7. The SMILES string of the molecule is [B]c1c([B])c([B])c2c(c1[B])B1Oc3c-2c([B])c([B])c2c3-n3c4c(cc(-c5cccc(-c6c([B])c([B])c7oc8c([B])c([B])c([B])c([B])c8c7c6[B])c5)c([B])c4c4c([B])c(C)cc1c43)S2. The van der Waals surface area contributed by atoms with Crippen molar-refractivity contribution in [2.45, 2.75) is 16.7 Å². The van der Waals surface area contributed by atoms with E-state index in [4.69, 9.17) is 127 Å². The number of rotatable bonds is 2. The van der Waals surface area contributed by atoms with Crippen LogP contribution in [0.4, 0.5) is 0 Å². The minimum absolute atomic E-state index is 0.0875. The Balaban J connectivity index is 1.16. The molecule has 4 bridgehead atoms. The maximum atomic E-state index is 7.41. The second-order valence-corrected chi connectivity index (χ2v) is 17.5. The molecule has 252 valence electrons. The highest BCUT2D eigenvalue weighted by atomic mass is 32.2. The lowest BCUT2D eigenvalue weighted by atomic mass is 9.45. The van der Waals surface area contributed by atoms with E-state index in [1.165, 1.54) is 11.8 Å². The molecule has 63 heavy (non-hydrogen) atoms. The summed E-state index contributed by atoms with van der Waals surface area (Å²) in [6.07, 6.45) is 0. The third kappa shape index (κ3) is 4.70. The number of hydrogen-bond donors (Lipinski definition) is 0. The van der Waals surface area contributed by atoms with Crippen LogP contribution in [0, 0.1) is 6.92 Å². The Morgan fingerprint density at radius 2 is 1.10 bits per heavy atom. The first kappa shape index (κ1) is 39.9. The van der Waals surface area contributed by atoms with Crippen molar-refractivity contribution >= 4 is 273 Å². The second kappa shape index (κ2) is 13.0. The average molecular weight is 777 g/mol. The molecular formula is C43H9B16NO2S. The fourth-order valence-corrected chi connectivity index (χ4v) is 11.4. The molecule has 12 rings (SSSR count). The molecule has 0 amide bonds. The molecule has 3 aliphatic rings. The van der Waals surface area contributed by atoms with Crippen molar-refractivity contribution in [3.05, 3.63) is 42.0 Å². The van der Waals surface area contributed by atoms with Crippen molar-refractivity contribution in [1.82, 2.24) is 4.57 Å². The minimum atomic E-state index is -0.794. The fourth-order valence-electron chi connectivity index (χ4n) is 10.2. The Kier molecular flexibility index (Phi) is 8.22. The highest BCUT2D eigenvalue weighted by molar-refractivity contribution is 8.00. The zero-order valence-electron chi connectivity index (χ0n) is 33.4. The summed E-state index contributed by atoms with van der Waals surface area (Å²) in [4.78, 5) is 1.50. The van der Waals surface area contributed by atoms with E-state index in [0.29, 0.717) is 76.8 Å². The average Bonchev–Trinajstić information content (AvgIpc) is 3.82. The molecule has 0 unspecified atom stereocenters. The number of furan rings is 1. The Morgan fingerprint density at radius 3 is 1.83 bits per heavy atom. The molecule has 20 heteroatoms. The van der Waals surface area contributed by atoms with Crippen molar-refractivity contribution in [3.8, 4) is 44.8 Å². The van der Waals surface area contributed by atoms with Gasteiger partial charge in [0.2, 0.25) is 0 Å². The summed E-state index contributed by atoms with van der Waals surface area (Å²) >= 11 is 1.44. The van der Waals surface area contributed by atoms with Gasteiger partial charge in [0.25, 0.3) is 0 Å². The first-order valence-corrected chi connectivity index (χ1v) is 20.4. The highest BCUT2D eigenvalue weighted by Gasteiger charge is 2.45. The molecule has 9 aromatic rings. The summed E-state index contributed by atoms with van der Waals surface area (Å²) in [5, 5.41) is 2.23. The number of fused-ring (bicyclic) bond motifs is 5. The lowest BCUT2D eigenvalue weighted by Gasteiger charge is -2.36. The van der Waals surface area contributed by atoms with Gasteiger partial charge in [-0.15, -0.1) is 27.3 Å². The molecule has 0 atom stereocenters. The molecule has 7 aromatic carbocycles. The quantitative estimate of drug-likeness (QED) is 0.164. The van der Waals surface area contributed by atoms with E-state index in [1.54, 1.807) is 0 Å². The maximum absolute atomic E-state index is 7.41. The first-order valence-electron chi connectivity index (χ1n) is 19.6. The predicted octanol–water partition coefficient (Wildman–Crippen LogP) is -7.82. The smallest absolute Gasteiger partial charge is 0.428 e. The van der Waals surface area contributed by atoms with E-state index < -0.39 is 6.92 Å². The molecule has 0 aliphatic carbocycles. The maximum Gasteiger partial charge on any atom is 0.428 e. The Bertz CT molecular complexity index is 3780. The number of hydrogen-bond acceptors (Lipinski definition) is 3. The summed E-state index contributed by atoms with van der Waals surface area (Å²) < 4.78 is 15.3. The van der Waals surface area contributed by atoms with Crippen molar-refractivity contribution < 1.29 is 9.07 Å². The molecule has 0 spiro atoms. The van der Waals surface area contributed by atoms with Crippen molar-refractivity contribution in [2.75, 3.05) is 0 Å². The topological polar surface area (TPSA) is 27.3 Å².